The van der Waals surface area contributed by atoms with E-state index in [1.54, 1.807) is 36.4 Å². The number of halogens is 1. The van der Waals surface area contributed by atoms with Crippen LogP contribution in [-0.2, 0) is 14.3 Å². The van der Waals surface area contributed by atoms with E-state index < -0.39 is 5.79 Å². The smallest absolute Gasteiger partial charge is 0.223 e. The molecule has 1 saturated heterocycles. The maximum absolute atomic E-state index is 10.7. The summed E-state index contributed by atoms with van der Waals surface area (Å²) in [6.07, 6.45) is -0.365. The van der Waals surface area contributed by atoms with Crippen molar-refractivity contribution in [3.63, 3.8) is 0 Å². The summed E-state index contributed by atoms with van der Waals surface area (Å²) in [5, 5.41) is 0. The maximum atomic E-state index is 10.7. The molecule has 1 fully saturated rings. The first-order chi connectivity index (χ1) is 4.51. The minimum atomic E-state index is -0.578. The first kappa shape index (κ1) is 8.42. The molecule has 1 rings (SSSR count). The van der Waals surface area contributed by atoms with E-state index in [-0.39, 0.29) is 9.89 Å². The standard InChI is InChI=1S/C6H9IO3/c1-6(2)9-3-4(10-6)5(7)8/h4H,3H2,1-2H3/t4-/m0/s1. The van der Waals surface area contributed by atoms with E-state index in [0.29, 0.717) is 6.61 Å². The second-order valence-corrected chi connectivity index (χ2v) is 3.68. The van der Waals surface area contributed by atoms with E-state index in [9.17, 15) is 4.79 Å². The lowest BCUT2D eigenvalue weighted by Crippen LogP contribution is -2.23. The van der Waals surface area contributed by atoms with E-state index in [1.165, 1.54) is 0 Å². The van der Waals surface area contributed by atoms with Gasteiger partial charge in [0.05, 0.1) is 6.61 Å². The minimum absolute atomic E-state index is 0.00294. The van der Waals surface area contributed by atoms with Gasteiger partial charge >= 0.3 is 0 Å². The molecule has 0 aliphatic carbocycles. The van der Waals surface area contributed by atoms with Gasteiger partial charge in [0.25, 0.3) is 0 Å². The molecule has 1 heterocycles. The lowest BCUT2D eigenvalue weighted by Gasteiger charge is -2.15. The molecule has 58 valence electrons. The molecule has 0 bridgehead atoms. The Kier molecular flexibility index (Phi) is 2.31. The molecule has 0 N–H and O–H groups in total. The predicted molar refractivity (Wildman–Crippen MR) is 43.9 cm³/mol. The number of ether oxygens (including phenoxy) is 2. The molecule has 4 heteroatoms. The van der Waals surface area contributed by atoms with Crippen molar-refractivity contribution in [2.45, 2.75) is 25.7 Å². The van der Waals surface area contributed by atoms with Gasteiger partial charge in [0, 0.05) is 22.6 Å². The van der Waals surface area contributed by atoms with Gasteiger partial charge in [0.2, 0.25) is 3.79 Å². The Hall–Kier alpha value is 0.320. The third kappa shape index (κ3) is 1.90. The Labute approximate surface area is 73.2 Å². The fraction of sp³-hybridized carbons (Fsp3) is 0.833. The zero-order valence-corrected chi connectivity index (χ0v) is 8.04. The van der Waals surface area contributed by atoms with E-state index in [1.807, 2.05) is 0 Å². The molecule has 0 aromatic carbocycles. The SMILES string of the molecule is CC1(C)OC[C@@H](C(=O)I)O1. The minimum Gasteiger partial charge on any atom is -0.347 e. The van der Waals surface area contributed by atoms with E-state index in [0.717, 1.165) is 0 Å². The first-order valence-corrected chi connectivity index (χ1v) is 4.10. The van der Waals surface area contributed by atoms with Crippen LogP contribution in [0.4, 0.5) is 0 Å². The van der Waals surface area contributed by atoms with Crippen LogP contribution >= 0.6 is 22.6 Å². The zero-order chi connectivity index (χ0) is 7.78. The highest BCUT2D eigenvalue weighted by Gasteiger charge is 2.35. The third-order valence-electron chi connectivity index (χ3n) is 1.26. The Morgan fingerprint density at radius 2 is 2.30 bits per heavy atom. The average Bonchev–Trinajstić information content (AvgIpc) is 2.10. The molecule has 10 heavy (non-hydrogen) atoms. The van der Waals surface area contributed by atoms with Crippen molar-refractivity contribution in [1.82, 2.24) is 0 Å². The molecule has 1 aliphatic heterocycles. The molecule has 1 atom stereocenters. The van der Waals surface area contributed by atoms with Crippen molar-refractivity contribution in [3.05, 3.63) is 0 Å². The molecule has 0 unspecified atom stereocenters. The largest absolute Gasteiger partial charge is 0.347 e. The summed E-state index contributed by atoms with van der Waals surface area (Å²) < 4.78 is 10.4. The summed E-state index contributed by atoms with van der Waals surface area (Å²) in [5.74, 6) is -0.578. The summed E-state index contributed by atoms with van der Waals surface area (Å²) in [6, 6.07) is 0. The summed E-state index contributed by atoms with van der Waals surface area (Å²) in [5.41, 5.74) is 0. The highest BCUT2D eigenvalue weighted by molar-refractivity contribution is 14.1. The average molecular weight is 256 g/mol. The monoisotopic (exact) mass is 256 g/mol. The second-order valence-electron chi connectivity index (χ2n) is 2.62. The second kappa shape index (κ2) is 2.75. The van der Waals surface area contributed by atoms with Gasteiger partial charge in [-0.05, 0) is 13.8 Å². The van der Waals surface area contributed by atoms with Gasteiger partial charge in [-0.3, -0.25) is 4.79 Å². The van der Waals surface area contributed by atoms with Gasteiger partial charge in [-0.15, -0.1) is 0 Å². The highest BCUT2D eigenvalue weighted by Crippen LogP contribution is 2.23. The summed E-state index contributed by atoms with van der Waals surface area (Å²) in [4.78, 5) is 10.7. The molecule has 1 aliphatic rings. The number of hydrogen-bond donors (Lipinski definition) is 0. The van der Waals surface area contributed by atoms with Crippen LogP contribution in [0.2, 0.25) is 0 Å². The predicted octanol–water partition coefficient (Wildman–Crippen LogP) is 1.10. The van der Waals surface area contributed by atoms with Gasteiger partial charge in [0.1, 0.15) is 0 Å². The van der Waals surface area contributed by atoms with E-state index >= 15 is 0 Å². The van der Waals surface area contributed by atoms with Gasteiger partial charge in [0.15, 0.2) is 11.9 Å². The van der Waals surface area contributed by atoms with Crippen LogP contribution in [0.1, 0.15) is 13.8 Å². The summed E-state index contributed by atoms with van der Waals surface area (Å²) in [6.45, 7) is 3.98. The quantitative estimate of drug-likeness (QED) is 0.520. The van der Waals surface area contributed by atoms with Crippen LogP contribution in [0, 0.1) is 0 Å². The summed E-state index contributed by atoms with van der Waals surface area (Å²) >= 11 is 1.72. The van der Waals surface area contributed by atoms with Crippen molar-refractivity contribution in [2.24, 2.45) is 0 Å². The topological polar surface area (TPSA) is 35.5 Å². The van der Waals surface area contributed by atoms with Gasteiger partial charge < -0.3 is 9.47 Å². The number of hydrogen-bond acceptors (Lipinski definition) is 3. The first-order valence-electron chi connectivity index (χ1n) is 3.02. The van der Waals surface area contributed by atoms with Crippen molar-refractivity contribution in [3.8, 4) is 0 Å². The lowest BCUT2D eigenvalue weighted by molar-refractivity contribution is -0.146. The van der Waals surface area contributed by atoms with Gasteiger partial charge in [-0.25, -0.2) is 0 Å². The fourth-order valence-corrected chi connectivity index (χ4v) is 1.11. The van der Waals surface area contributed by atoms with Gasteiger partial charge in [-0.2, -0.15) is 0 Å². The Bertz CT molecular complexity index is 155. The van der Waals surface area contributed by atoms with Crippen molar-refractivity contribution in [1.29, 1.82) is 0 Å². The van der Waals surface area contributed by atoms with Crippen molar-refractivity contribution in [2.75, 3.05) is 6.61 Å². The molecular formula is C6H9IO3. The Morgan fingerprint density at radius 1 is 1.70 bits per heavy atom. The van der Waals surface area contributed by atoms with Crippen LogP contribution in [0.25, 0.3) is 0 Å². The molecule has 0 saturated carbocycles. The fourth-order valence-electron chi connectivity index (χ4n) is 0.799. The third-order valence-corrected chi connectivity index (χ3v) is 1.96. The van der Waals surface area contributed by atoms with Crippen molar-refractivity contribution < 1.29 is 14.3 Å². The molecule has 0 aromatic heterocycles. The number of carbonyl (C=O) groups excluding carboxylic acids is 1. The van der Waals surface area contributed by atoms with Crippen molar-refractivity contribution >= 4 is 26.4 Å². The molecule has 0 spiro atoms. The normalized spacial score (nSPS) is 30.5. The van der Waals surface area contributed by atoms with Crippen LogP contribution in [0.3, 0.4) is 0 Å². The molecular weight excluding hydrogens is 247 g/mol. The Morgan fingerprint density at radius 3 is 2.50 bits per heavy atom. The number of carbonyl (C=O) groups is 1. The van der Waals surface area contributed by atoms with Crippen LogP contribution in [-0.4, -0.2) is 22.3 Å². The molecule has 3 nitrogen and oxygen atoms in total. The van der Waals surface area contributed by atoms with Crippen LogP contribution < -0.4 is 0 Å². The van der Waals surface area contributed by atoms with Crippen LogP contribution in [0.5, 0.6) is 0 Å². The van der Waals surface area contributed by atoms with Gasteiger partial charge in [-0.1, -0.05) is 0 Å². The zero-order valence-electron chi connectivity index (χ0n) is 5.89. The van der Waals surface area contributed by atoms with Crippen LogP contribution in [0.15, 0.2) is 0 Å². The summed E-state index contributed by atoms with van der Waals surface area (Å²) in [7, 11) is 0. The molecule has 0 aromatic rings. The number of rotatable bonds is 1. The Balaban J connectivity index is 2.51. The molecule has 0 radical (unpaired) electrons. The lowest BCUT2D eigenvalue weighted by atomic mass is 10.4. The highest BCUT2D eigenvalue weighted by atomic mass is 127. The van der Waals surface area contributed by atoms with E-state index in [4.69, 9.17) is 9.47 Å². The van der Waals surface area contributed by atoms with E-state index in [2.05, 4.69) is 0 Å². The molecule has 0 amide bonds. The maximum Gasteiger partial charge on any atom is 0.223 e.